The van der Waals surface area contributed by atoms with Crippen LogP contribution in [0.1, 0.15) is 44.9 Å². The molecule has 0 radical (unpaired) electrons. The molecule has 2 rings (SSSR count). The van der Waals surface area contributed by atoms with Gasteiger partial charge in [0.05, 0.1) is 6.20 Å². The Morgan fingerprint density at radius 1 is 1.24 bits per heavy atom. The summed E-state index contributed by atoms with van der Waals surface area (Å²) in [6.45, 7) is 10.3. The second-order valence-corrected chi connectivity index (χ2v) is 7.24. The quantitative estimate of drug-likeness (QED) is 0.603. The van der Waals surface area contributed by atoms with Gasteiger partial charge in [0.25, 0.3) is 0 Å². The summed E-state index contributed by atoms with van der Waals surface area (Å²) < 4.78 is 5.77. The fraction of sp³-hybridized carbons (Fsp3) is 0.474. The third kappa shape index (κ3) is 6.09. The van der Waals surface area contributed by atoms with E-state index < -0.39 is 0 Å². The molecule has 2 aromatic rings. The Kier molecular flexibility index (Phi) is 6.88. The molecule has 0 amide bonds. The van der Waals surface area contributed by atoms with Gasteiger partial charge in [0, 0.05) is 23.5 Å². The highest BCUT2D eigenvalue weighted by atomic mass is 35.5. The van der Waals surface area contributed by atoms with Crippen molar-refractivity contribution in [3.8, 4) is 0 Å². The van der Waals surface area contributed by atoms with Crippen LogP contribution in [0.15, 0.2) is 39.9 Å². The minimum atomic E-state index is -0.0489. The molecule has 1 heterocycles. The van der Waals surface area contributed by atoms with E-state index in [2.05, 4.69) is 41.4 Å². The van der Waals surface area contributed by atoms with E-state index in [1.807, 2.05) is 31.2 Å². The summed E-state index contributed by atoms with van der Waals surface area (Å²) in [5.41, 5.74) is 1.07. The van der Waals surface area contributed by atoms with Crippen molar-refractivity contribution in [2.45, 2.75) is 46.1 Å². The maximum absolute atomic E-state index is 6.19. The van der Waals surface area contributed by atoms with Gasteiger partial charge in [0.2, 0.25) is 5.89 Å². The van der Waals surface area contributed by atoms with E-state index in [0.717, 1.165) is 41.8 Å². The Morgan fingerprint density at radius 3 is 2.64 bits per heavy atom. The van der Waals surface area contributed by atoms with Crippen molar-refractivity contribution in [2.75, 3.05) is 13.1 Å². The number of hydrogen-bond acceptors (Lipinski definition) is 3. The summed E-state index contributed by atoms with van der Waals surface area (Å²) in [6, 6.07) is 7.88. The lowest BCUT2D eigenvalue weighted by Crippen LogP contribution is -2.38. The topological polar surface area (TPSA) is 62.5 Å². The zero-order chi connectivity index (χ0) is 18.3. The Balaban J connectivity index is 1.92. The lowest BCUT2D eigenvalue weighted by molar-refractivity contribution is 0.383. The van der Waals surface area contributed by atoms with Crippen LogP contribution in [0.4, 0.5) is 0 Å². The number of oxazole rings is 1. The molecule has 136 valence electrons. The Morgan fingerprint density at radius 2 is 2.00 bits per heavy atom. The molecule has 0 atom stereocenters. The number of benzene rings is 1. The van der Waals surface area contributed by atoms with Crippen molar-refractivity contribution in [1.82, 2.24) is 15.6 Å². The molecule has 0 fully saturated rings. The van der Waals surface area contributed by atoms with E-state index in [1.54, 1.807) is 6.20 Å². The Hall–Kier alpha value is -2.01. The van der Waals surface area contributed by atoms with Gasteiger partial charge in [-0.1, -0.05) is 50.6 Å². The van der Waals surface area contributed by atoms with Crippen LogP contribution in [0.25, 0.3) is 0 Å². The van der Waals surface area contributed by atoms with Gasteiger partial charge in [-0.25, -0.2) is 9.98 Å². The van der Waals surface area contributed by atoms with Gasteiger partial charge in [-0.3, -0.25) is 0 Å². The van der Waals surface area contributed by atoms with Crippen LogP contribution in [0.5, 0.6) is 0 Å². The summed E-state index contributed by atoms with van der Waals surface area (Å²) in [4.78, 5) is 8.85. The van der Waals surface area contributed by atoms with Crippen molar-refractivity contribution >= 4 is 17.6 Å². The molecule has 1 aromatic carbocycles. The third-order valence-electron chi connectivity index (χ3n) is 3.65. The number of aromatic nitrogens is 1. The average Bonchev–Trinajstić information content (AvgIpc) is 3.03. The predicted octanol–water partition coefficient (Wildman–Crippen LogP) is 3.92. The lowest BCUT2D eigenvalue weighted by Gasteiger charge is -2.13. The Bertz CT molecular complexity index is 703. The fourth-order valence-corrected chi connectivity index (χ4v) is 2.47. The monoisotopic (exact) mass is 362 g/mol. The summed E-state index contributed by atoms with van der Waals surface area (Å²) in [7, 11) is 0. The number of rotatable bonds is 6. The second-order valence-electron chi connectivity index (χ2n) is 6.83. The van der Waals surface area contributed by atoms with Crippen LogP contribution in [-0.2, 0) is 18.4 Å². The number of aliphatic imine (C=N–C) groups is 1. The van der Waals surface area contributed by atoms with E-state index in [-0.39, 0.29) is 5.41 Å². The number of halogens is 1. The molecule has 2 N–H and O–H groups in total. The van der Waals surface area contributed by atoms with E-state index >= 15 is 0 Å². The molecule has 25 heavy (non-hydrogen) atoms. The predicted molar refractivity (Wildman–Crippen MR) is 103 cm³/mol. The molecular formula is C19H27ClN4O. The van der Waals surface area contributed by atoms with Crippen LogP contribution in [0.3, 0.4) is 0 Å². The normalized spacial score (nSPS) is 12.3. The standard InChI is InChI=1S/C19H27ClN4O/c1-5-21-18(22-11-10-14-8-6-7-9-15(14)20)24-13-17-23-12-16(25-17)19(2,3)4/h6-9,12H,5,10-11,13H2,1-4H3,(H2,21,22,24). The molecule has 0 aliphatic carbocycles. The smallest absolute Gasteiger partial charge is 0.216 e. The highest BCUT2D eigenvalue weighted by Crippen LogP contribution is 2.22. The SMILES string of the molecule is CCNC(=NCc1ncc(C(C)(C)C)o1)NCCc1ccccc1Cl. The first-order chi connectivity index (χ1) is 11.9. The first kappa shape index (κ1) is 19.3. The van der Waals surface area contributed by atoms with E-state index in [0.29, 0.717) is 12.4 Å². The van der Waals surface area contributed by atoms with E-state index in [1.165, 1.54) is 0 Å². The van der Waals surface area contributed by atoms with Crippen molar-refractivity contribution < 1.29 is 4.42 Å². The molecule has 5 nitrogen and oxygen atoms in total. The average molecular weight is 363 g/mol. The van der Waals surface area contributed by atoms with Gasteiger partial charge in [-0.2, -0.15) is 0 Å². The zero-order valence-electron chi connectivity index (χ0n) is 15.4. The molecule has 0 bridgehead atoms. The number of guanidine groups is 1. The minimum Gasteiger partial charge on any atom is -0.443 e. The van der Waals surface area contributed by atoms with Crippen molar-refractivity contribution in [1.29, 1.82) is 0 Å². The third-order valence-corrected chi connectivity index (χ3v) is 4.02. The molecular weight excluding hydrogens is 336 g/mol. The van der Waals surface area contributed by atoms with E-state index in [9.17, 15) is 0 Å². The molecule has 0 unspecified atom stereocenters. The van der Waals surface area contributed by atoms with Crippen LogP contribution in [0, 0.1) is 0 Å². The minimum absolute atomic E-state index is 0.0489. The van der Waals surface area contributed by atoms with Crippen molar-refractivity contribution in [3.05, 3.63) is 52.7 Å². The molecule has 0 saturated heterocycles. The molecule has 6 heteroatoms. The highest BCUT2D eigenvalue weighted by Gasteiger charge is 2.18. The van der Waals surface area contributed by atoms with Gasteiger partial charge in [-0.15, -0.1) is 0 Å². The van der Waals surface area contributed by atoms with Crippen LogP contribution < -0.4 is 10.6 Å². The van der Waals surface area contributed by atoms with E-state index in [4.69, 9.17) is 16.0 Å². The van der Waals surface area contributed by atoms with Crippen molar-refractivity contribution in [2.24, 2.45) is 4.99 Å². The number of nitrogens with one attached hydrogen (secondary N) is 2. The van der Waals surface area contributed by atoms with Gasteiger partial charge in [0.1, 0.15) is 12.3 Å². The highest BCUT2D eigenvalue weighted by molar-refractivity contribution is 6.31. The number of hydrogen-bond donors (Lipinski definition) is 2. The van der Waals surface area contributed by atoms with Gasteiger partial charge in [0.15, 0.2) is 5.96 Å². The van der Waals surface area contributed by atoms with Crippen LogP contribution in [-0.4, -0.2) is 24.0 Å². The van der Waals surface area contributed by atoms with Gasteiger partial charge >= 0.3 is 0 Å². The first-order valence-electron chi connectivity index (χ1n) is 8.61. The lowest BCUT2D eigenvalue weighted by atomic mass is 9.94. The fourth-order valence-electron chi connectivity index (χ4n) is 2.24. The van der Waals surface area contributed by atoms with Crippen LogP contribution in [0.2, 0.25) is 5.02 Å². The Labute approximate surface area is 154 Å². The number of nitrogens with zero attached hydrogens (tertiary/aromatic N) is 2. The van der Waals surface area contributed by atoms with Crippen molar-refractivity contribution in [3.63, 3.8) is 0 Å². The summed E-state index contributed by atoms with van der Waals surface area (Å²) in [5.74, 6) is 2.23. The van der Waals surface area contributed by atoms with Gasteiger partial charge < -0.3 is 15.1 Å². The second kappa shape index (κ2) is 8.90. The first-order valence-corrected chi connectivity index (χ1v) is 8.98. The molecule has 0 spiro atoms. The summed E-state index contributed by atoms with van der Waals surface area (Å²) in [6.07, 6.45) is 2.61. The zero-order valence-corrected chi connectivity index (χ0v) is 16.2. The van der Waals surface area contributed by atoms with Crippen LogP contribution >= 0.6 is 11.6 Å². The maximum atomic E-state index is 6.19. The summed E-state index contributed by atoms with van der Waals surface area (Å²) >= 11 is 6.19. The van der Waals surface area contributed by atoms with Gasteiger partial charge in [-0.05, 0) is 25.0 Å². The molecule has 1 aromatic heterocycles. The molecule has 0 saturated carbocycles. The maximum Gasteiger partial charge on any atom is 0.216 e. The largest absolute Gasteiger partial charge is 0.443 e. The molecule has 0 aliphatic rings. The molecule has 0 aliphatic heterocycles. The summed E-state index contributed by atoms with van der Waals surface area (Å²) in [5, 5.41) is 7.33.